The van der Waals surface area contributed by atoms with E-state index in [2.05, 4.69) is 10.2 Å². The molecule has 3 aromatic rings. The fraction of sp³-hybridized carbons (Fsp3) is 0.387. The smallest absolute Gasteiger partial charge is 0.329 e. The van der Waals surface area contributed by atoms with Crippen molar-refractivity contribution in [2.24, 2.45) is 0 Å². The number of rotatable bonds is 10. The van der Waals surface area contributed by atoms with E-state index >= 15 is 0 Å². The number of carbonyl (C=O) groups is 2. The first kappa shape index (κ1) is 29.4. The van der Waals surface area contributed by atoms with Gasteiger partial charge in [-0.1, -0.05) is 49.1 Å². The molecular formula is C31H36ClN3O5. The average Bonchev–Trinajstić information content (AvgIpc) is 2.93. The summed E-state index contributed by atoms with van der Waals surface area (Å²) in [5, 5.41) is 23.6. The second kappa shape index (κ2) is 12.7. The first-order valence-electron chi connectivity index (χ1n) is 13.5. The number of carbonyl (C=O) groups excluding carboxylic acids is 1. The molecule has 1 fully saturated rings. The Morgan fingerprint density at radius 2 is 1.82 bits per heavy atom. The highest BCUT2D eigenvalue weighted by molar-refractivity contribution is 6.32. The van der Waals surface area contributed by atoms with E-state index in [-0.39, 0.29) is 11.4 Å². The van der Waals surface area contributed by atoms with Crippen molar-refractivity contribution in [3.63, 3.8) is 0 Å². The minimum absolute atomic E-state index is 0.103. The van der Waals surface area contributed by atoms with Crippen LogP contribution in [0.3, 0.4) is 0 Å². The zero-order valence-electron chi connectivity index (χ0n) is 23.2. The summed E-state index contributed by atoms with van der Waals surface area (Å²) in [4.78, 5) is 32.4. The van der Waals surface area contributed by atoms with E-state index in [1.54, 1.807) is 42.5 Å². The molecule has 0 atom stereocenters. The zero-order chi connectivity index (χ0) is 28.9. The molecule has 2 aromatic carbocycles. The van der Waals surface area contributed by atoms with Crippen LogP contribution in [-0.4, -0.2) is 64.8 Å². The van der Waals surface area contributed by atoms with Crippen molar-refractivity contribution in [3.05, 3.63) is 64.8 Å². The summed E-state index contributed by atoms with van der Waals surface area (Å²) in [5.41, 5.74) is 2.10. The topological polar surface area (TPSA) is 112 Å². The van der Waals surface area contributed by atoms with E-state index in [1.165, 1.54) is 0 Å². The Morgan fingerprint density at radius 3 is 2.52 bits per heavy atom. The van der Waals surface area contributed by atoms with Gasteiger partial charge < -0.3 is 25.2 Å². The summed E-state index contributed by atoms with van der Waals surface area (Å²) >= 11 is 6.45. The van der Waals surface area contributed by atoms with Crippen LogP contribution in [0.25, 0.3) is 22.4 Å². The van der Waals surface area contributed by atoms with Crippen LogP contribution in [0.15, 0.2) is 48.5 Å². The number of carboxylic acid groups (broad SMARTS) is 1. The molecule has 3 N–H and O–H groups in total. The highest BCUT2D eigenvalue weighted by Gasteiger charge is 2.41. The number of nitrogens with zero attached hydrogens (tertiary/aromatic N) is 2. The molecule has 212 valence electrons. The van der Waals surface area contributed by atoms with Gasteiger partial charge in [-0.05, 0) is 81.7 Å². The summed E-state index contributed by atoms with van der Waals surface area (Å²) in [7, 11) is 4.00. The number of carboxylic acids is 1. The number of benzene rings is 2. The summed E-state index contributed by atoms with van der Waals surface area (Å²) in [6, 6.07) is 13.9. The van der Waals surface area contributed by atoms with Gasteiger partial charge in [-0.2, -0.15) is 0 Å². The third kappa shape index (κ3) is 6.57. The number of nitrogens with one attached hydrogen (secondary N) is 1. The van der Waals surface area contributed by atoms with Crippen LogP contribution in [-0.2, 0) is 4.79 Å². The van der Waals surface area contributed by atoms with Crippen LogP contribution >= 0.6 is 11.6 Å². The molecule has 0 spiro atoms. The van der Waals surface area contributed by atoms with Gasteiger partial charge in [0.15, 0.2) is 0 Å². The number of hydrogen-bond donors (Lipinski definition) is 3. The highest BCUT2D eigenvalue weighted by Crippen LogP contribution is 2.38. The Balaban J connectivity index is 1.75. The Labute approximate surface area is 240 Å². The molecule has 1 saturated carbocycles. The Hall–Kier alpha value is -3.62. The molecule has 0 saturated heterocycles. The van der Waals surface area contributed by atoms with Crippen LogP contribution in [0, 0.1) is 6.92 Å². The number of aromatic hydroxyl groups is 1. The molecular weight excluding hydrogens is 530 g/mol. The third-order valence-corrected chi connectivity index (χ3v) is 7.72. The number of aliphatic carboxylic acids is 1. The van der Waals surface area contributed by atoms with Crippen molar-refractivity contribution in [2.45, 2.75) is 51.0 Å². The lowest BCUT2D eigenvalue weighted by Gasteiger charge is -2.33. The summed E-state index contributed by atoms with van der Waals surface area (Å²) in [5.74, 6) is -0.924. The average molecular weight is 566 g/mol. The van der Waals surface area contributed by atoms with Crippen molar-refractivity contribution >= 4 is 23.5 Å². The lowest BCUT2D eigenvalue weighted by Crippen LogP contribution is -2.55. The molecule has 1 aliphatic rings. The third-order valence-electron chi connectivity index (χ3n) is 7.40. The predicted octanol–water partition coefficient (Wildman–Crippen LogP) is 5.93. The van der Waals surface area contributed by atoms with Gasteiger partial charge in [-0.3, -0.25) is 4.79 Å². The van der Waals surface area contributed by atoms with Gasteiger partial charge in [0.25, 0.3) is 5.91 Å². The normalized spacial score (nSPS) is 14.6. The fourth-order valence-electron chi connectivity index (χ4n) is 5.09. The maximum absolute atomic E-state index is 13.4. The van der Waals surface area contributed by atoms with E-state index < -0.39 is 17.4 Å². The number of hydrogen-bond acceptors (Lipinski definition) is 6. The number of ether oxygens (including phenoxy) is 1. The first-order chi connectivity index (χ1) is 19.1. The van der Waals surface area contributed by atoms with Crippen LogP contribution < -0.4 is 10.1 Å². The van der Waals surface area contributed by atoms with Gasteiger partial charge in [-0.15, -0.1) is 0 Å². The number of amides is 1. The van der Waals surface area contributed by atoms with Gasteiger partial charge in [0, 0.05) is 17.7 Å². The molecule has 0 unspecified atom stereocenters. The lowest BCUT2D eigenvalue weighted by molar-refractivity contribution is -0.145. The molecule has 1 aliphatic carbocycles. The standard InChI is InChI=1S/C31H36ClN3O5/c1-20-22(9-7-10-26(20)36)23-12-14-25(29(37)34-31(30(38)39)15-5-4-6-16-31)33-28(23)21-11-13-24(32)27(19-21)40-18-8-17-35(2)3/h7,9-14,19,36H,4-6,8,15-18H2,1-3H3,(H,34,37)(H,38,39). The molecule has 1 heterocycles. The Morgan fingerprint density at radius 1 is 1.07 bits per heavy atom. The number of aromatic nitrogens is 1. The van der Waals surface area contributed by atoms with Gasteiger partial charge in [0.05, 0.1) is 17.3 Å². The van der Waals surface area contributed by atoms with E-state index in [0.717, 1.165) is 37.8 Å². The van der Waals surface area contributed by atoms with Crippen LogP contribution in [0.1, 0.15) is 54.6 Å². The van der Waals surface area contributed by atoms with Crippen LogP contribution in [0.4, 0.5) is 0 Å². The van der Waals surface area contributed by atoms with Crippen molar-refractivity contribution in [2.75, 3.05) is 27.2 Å². The van der Waals surface area contributed by atoms with Gasteiger partial charge in [0.1, 0.15) is 22.7 Å². The first-order valence-corrected chi connectivity index (χ1v) is 13.9. The number of phenolic OH excluding ortho intramolecular Hbond substituents is 1. The molecule has 0 radical (unpaired) electrons. The lowest BCUT2D eigenvalue weighted by atomic mass is 9.81. The minimum Gasteiger partial charge on any atom is -0.508 e. The monoisotopic (exact) mass is 565 g/mol. The van der Waals surface area contributed by atoms with Gasteiger partial charge in [-0.25, -0.2) is 9.78 Å². The molecule has 1 amide bonds. The summed E-state index contributed by atoms with van der Waals surface area (Å²) in [6.45, 7) is 3.16. The zero-order valence-corrected chi connectivity index (χ0v) is 23.9. The highest BCUT2D eigenvalue weighted by atomic mass is 35.5. The van der Waals surface area contributed by atoms with Crippen LogP contribution in [0.5, 0.6) is 11.5 Å². The van der Waals surface area contributed by atoms with Crippen molar-refractivity contribution < 1.29 is 24.5 Å². The van der Waals surface area contributed by atoms with Gasteiger partial charge >= 0.3 is 5.97 Å². The maximum atomic E-state index is 13.4. The maximum Gasteiger partial charge on any atom is 0.329 e. The number of phenols is 1. The second-order valence-electron chi connectivity index (χ2n) is 10.6. The Bertz CT molecular complexity index is 1390. The molecule has 8 nitrogen and oxygen atoms in total. The quantitative estimate of drug-likeness (QED) is 0.261. The second-order valence-corrected chi connectivity index (χ2v) is 11.0. The SMILES string of the molecule is Cc1c(O)cccc1-c1ccc(C(=O)NC2(C(=O)O)CCCCC2)nc1-c1ccc(Cl)c(OCCCN(C)C)c1. The predicted molar refractivity (Wildman–Crippen MR) is 156 cm³/mol. The summed E-state index contributed by atoms with van der Waals surface area (Å²) < 4.78 is 5.98. The van der Waals surface area contributed by atoms with Crippen molar-refractivity contribution in [1.29, 1.82) is 0 Å². The molecule has 0 bridgehead atoms. The van der Waals surface area contributed by atoms with Crippen molar-refractivity contribution in [3.8, 4) is 33.9 Å². The largest absolute Gasteiger partial charge is 0.508 e. The summed E-state index contributed by atoms with van der Waals surface area (Å²) in [6.07, 6.45) is 4.01. The molecule has 9 heteroatoms. The van der Waals surface area contributed by atoms with E-state index in [4.69, 9.17) is 21.3 Å². The number of pyridine rings is 1. The number of halogens is 1. The fourth-order valence-corrected chi connectivity index (χ4v) is 5.26. The molecule has 40 heavy (non-hydrogen) atoms. The minimum atomic E-state index is -1.30. The van der Waals surface area contributed by atoms with E-state index in [0.29, 0.717) is 52.6 Å². The van der Waals surface area contributed by atoms with Crippen LogP contribution in [0.2, 0.25) is 5.02 Å². The van der Waals surface area contributed by atoms with Gasteiger partial charge in [0.2, 0.25) is 0 Å². The molecule has 0 aliphatic heterocycles. The van der Waals surface area contributed by atoms with E-state index in [9.17, 15) is 19.8 Å². The van der Waals surface area contributed by atoms with E-state index in [1.807, 2.05) is 27.1 Å². The molecule has 4 rings (SSSR count). The van der Waals surface area contributed by atoms with Crippen molar-refractivity contribution in [1.82, 2.24) is 15.2 Å². The Kier molecular flexibility index (Phi) is 9.32. The molecule has 1 aromatic heterocycles.